The number of benzene rings is 1. The molecule has 1 aliphatic carbocycles. The summed E-state index contributed by atoms with van der Waals surface area (Å²) in [6.07, 6.45) is 3.78. The Balaban J connectivity index is 2.05. The molecule has 0 bridgehead atoms. The molecule has 4 heteroatoms. The maximum Gasteiger partial charge on any atom is 0.338 e. The number of hydrogen-bond donors (Lipinski definition) is 2. The molecule has 3 nitrogen and oxygen atoms in total. The molecule has 1 saturated carbocycles. The normalized spacial score (nSPS) is 14.8. The highest BCUT2D eigenvalue weighted by Crippen LogP contribution is 2.32. The molecule has 0 atom stereocenters. The molecular formula is C12H14BrNO2. The van der Waals surface area contributed by atoms with Crippen molar-refractivity contribution in [3.8, 4) is 0 Å². The van der Waals surface area contributed by atoms with Gasteiger partial charge in [-0.1, -0.05) is 18.9 Å². The van der Waals surface area contributed by atoms with Gasteiger partial charge in [0, 0.05) is 16.7 Å². The summed E-state index contributed by atoms with van der Waals surface area (Å²) in [4.78, 5) is 11.1. The van der Waals surface area contributed by atoms with Gasteiger partial charge in [0.05, 0.1) is 5.56 Å². The first-order valence-electron chi connectivity index (χ1n) is 5.44. The van der Waals surface area contributed by atoms with Crippen molar-refractivity contribution < 1.29 is 9.90 Å². The van der Waals surface area contributed by atoms with Crippen LogP contribution in [-0.4, -0.2) is 17.6 Å². The SMILES string of the molecule is O=C(O)c1c(Br)cccc1NCCC1CC1. The van der Waals surface area contributed by atoms with Crippen LogP contribution >= 0.6 is 15.9 Å². The predicted octanol–water partition coefficient (Wildman–Crippen LogP) is 3.36. The van der Waals surface area contributed by atoms with E-state index in [0.717, 1.165) is 18.9 Å². The summed E-state index contributed by atoms with van der Waals surface area (Å²) in [5, 5.41) is 12.3. The average molecular weight is 284 g/mol. The van der Waals surface area contributed by atoms with Gasteiger partial charge in [-0.05, 0) is 40.4 Å². The van der Waals surface area contributed by atoms with Gasteiger partial charge in [0.15, 0.2) is 0 Å². The number of carboxylic acid groups (broad SMARTS) is 1. The summed E-state index contributed by atoms with van der Waals surface area (Å²) >= 11 is 3.26. The lowest BCUT2D eigenvalue weighted by Gasteiger charge is -2.10. The smallest absolute Gasteiger partial charge is 0.338 e. The van der Waals surface area contributed by atoms with Crippen molar-refractivity contribution >= 4 is 27.6 Å². The van der Waals surface area contributed by atoms with Crippen molar-refractivity contribution in [2.45, 2.75) is 19.3 Å². The highest BCUT2D eigenvalue weighted by atomic mass is 79.9. The van der Waals surface area contributed by atoms with Crippen molar-refractivity contribution in [1.82, 2.24) is 0 Å². The first-order chi connectivity index (χ1) is 7.68. The molecule has 16 heavy (non-hydrogen) atoms. The molecule has 0 unspecified atom stereocenters. The Morgan fingerprint density at radius 2 is 2.25 bits per heavy atom. The molecule has 0 heterocycles. The van der Waals surface area contributed by atoms with E-state index < -0.39 is 5.97 Å². The number of carbonyl (C=O) groups is 1. The van der Waals surface area contributed by atoms with E-state index in [1.165, 1.54) is 12.8 Å². The number of rotatable bonds is 5. The third-order valence-electron chi connectivity index (χ3n) is 2.79. The van der Waals surface area contributed by atoms with Crippen LogP contribution in [0.15, 0.2) is 22.7 Å². The lowest BCUT2D eigenvalue weighted by atomic mass is 10.1. The van der Waals surface area contributed by atoms with Gasteiger partial charge in [-0.15, -0.1) is 0 Å². The van der Waals surface area contributed by atoms with Crippen LogP contribution in [0.25, 0.3) is 0 Å². The number of hydrogen-bond acceptors (Lipinski definition) is 2. The van der Waals surface area contributed by atoms with E-state index in [1.807, 2.05) is 6.07 Å². The highest BCUT2D eigenvalue weighted by Gasteiger charge is 2.20. The molecule has 0 amide bonds. The Kier molecular flexibility index (Phi) is 3.49. The van der Waals surface area contributed by atoms with Crippen LogP contribution in [0.5, 0.6) is 0 Å². The van der Waals surface area contributed by atoms with Crippen LogP contribution in [0.4, 0.5) is 5.69 Å². The fraction of sp³-hybridized carbons (Fsp3) is 0.417. The van der Waals surface area contributed by atoms with Gasteiger partial charge < -0.3 is 10.4 Å². The minimum absolute atomic E-state index is 0.318. The van der Waals surface area contributed by atoms with Crippen LogP contribution in [0.1, 0.15) is 29.6 Å². The largest absolute Gasteiger partial charge is 0.478 e. The summed E-state index contributed by atoms with van der Waals surface area (Å²) in [7, 11) is 0. The molecule has 86 valence electrons. The van der Waals surface area contributed by atoms with Crippen LogP contribution < -0.4 is 5.32 Å². The van der Waals surface area contributed by atoms with E-state index in [9.17, 15) is 4.79 Å². The maximum absolute atomic E-state index is 11.1. The zero-order chi connectivity index (χ0) is 11.5. The van der Waals surface area contributed by atoms with Gasteiger partial charge in [-0.2, -0.15) is 0 Å². The highest BCUT2D eigenvalue weighted by molar-refractivity contribution is 9.10. The van der Waals surface area contributed by atoms with Crippen molar-refractivity contribution in [1.29, 1.82) is 0 Å². The number of anilines is 1. The quantitative estimate of drug-likeness (QED) is 0.871. The Labute approximate surface area is 103 Å². The Bertz CT molecular complexity index is 402. The van der Waals surface area contributed by atoms with Gasteiger partial charge in [0.2, 0.25) is 0 Å². The molecule has 2 rings (SSSR count). The predicted molar refractivity (Wildman–Crippen MR) is 66.9 cm³/mol. The van der Waals surface area contributed by atoms with Gasteiger partial charge in [0.25, 0.3) is 0 Å². The first kappa shape index (κ1) is 11.5. The number of aromatic carboxylic acids is 1. The number of halogens is 1. The van der Waals surface area contributed by atoms with Crippen molar-refractivity contribution in [3.63, 3.8) is 0 Å². The lowest BCUT2D eigenvalue weighted by Crippen LogP contribution is -2.08. The zero-order valence-electron chi connectivity index (χ0n) is 8.87. The second kappa shape index (κ2) is 4.87. The van der Waals surface area contributed by atoms with Crippen molar-refractivity contribution in [3.05, 3.63) is 28.2 Å². The molecule has 0 saturated heterocycles. The fourth-order valence-electron chi connectivity index (χ4n) is 1.71. The maximum atomic E-state index is 11.1. The Morgan fingerprint density at radius 3 is 2.88 bits per heavy atom. The lowest BCUT2D eigenvalue weighted by molar-refractivity contribution is 0.0697. The van der Waals surface area contributed by atoms with Crippen LogP contribution in [-0.2, 0) is 0 Å². The molecule has 2 N–H and O–H groups in total. The van der Waals surface area contributed by atoms with Crippen LogP contribution in [0, 0.1) is 5.92 Å². The molecule has 1 aromatic rings. The van der Waals surface area contributed by atoms with E-state index in [2.05, 4.69) is 21.2 Å². The molecular weight excluding hydrogens is 270 g/mol. The fourth-order valence-corrected chi connectivity index (χ4v) is 2.24. The molecule has 0 spiro atoms. The van der Waals surface area contributed by atoms with Gasteiger partial charge in [-0.3, -0.25) is 0 Å². The van der Waals surface area contributed by atoms with E-state index in [-0.39, 0.29) is 0 Å². The second-order valence-electron chi connectivity index (χ2n) is 4.13. The molecule has 1 aliphatic rings. The van der Waals surface area contributed by atoms with E-state index in [4.69, 9.17) is 5.11 Å². The summed E-state index contributed by atoms with van der Waals surface area (Å²) < 4.78 is 0.622. The summed E-state index contributed by atoms with van der Waals surface area (Å²) in [5.74, 6) is -0.0469. The van der Waals surface area contributed by atoms with Crippen molar-refractivity contribution in [2.75, 3.05) is 11.9 Å². The second-order valence-corrected chi connectivity index (χ2v) is 4.98. The minimum atomic E-state index is -0.901. The summed E-state index contributed by atoms with van der Waals surface area (Å²) in [6.45, 7) is 0.849. The topological polar surface area (TPSA) is 49.3 Å². The first-order valence-corrected chi connectivity index (χ1v) is 6.23. The summed E-state index contributed by atoms with van der Waals surface area (Å²) in [5.41, 5.74) is 1.01. The standard InChI is InChI=1S/C12H14BrNO2/c13-9-2-1-3-10(11(9)12(15)16)14-7-6-8-4-5-8/h1-3,8,14H,4-7H2,(H,15,16). The molecule has 0 aromatic heterocycles. The third-order valence-corrected chi connectivity index (χ3v) is 3.45. The minimum Gasteiger partial charge on any atom is -0.478 e. The zero-order valence-corrected chi connectivity index (χ0v) is 10.5. The molecule has 1 aromatic carbocycles. The Hall–Kier alpha value is -1.03. The van der Waals surface area contributed by atoms with E-state index >= 15 is 0 Å². The summed E-state index contributed by atoms with van der Waals surface area (Å²) in [6, 6.07) is 5.40. The van der Waals surface area contributed by atoms with Crippen LogP contribution in [0.2, 0.25) is 0 Å². The Morgan fingerprint density at radius 1 is 1.50 bits per heavy atom. The molecule has 1 fully saturated rings. The molecule has 0 radical (unpaired) electrons. The van der Waals surface area contributed by atoms with Gasteiger partial charge in [0.1, 0.15) is 0 Å². The van der Waals surface area contributed by atoms with E-state index in [0.29, 0.717) is 15.7 Å². The number of nitrogens with one attached hydrogen (secondary N) is 1. The average Bonchev–Trinajstić information content (AvgIpc) is 3.01. The number of carboxylic acids is 1. The molecule has 0 aliphatic heterocycles. The van der Waals surface area contributed by atoms with Gasteiger partial charge >= 0.3 is 5.97 Å². The van der Waals surface area contributed by atoms with Crippen LogP contribution in [0.3, 0.4) is 0 Å². The van der Waals surface area contributed by atoms with Crippen molar-refractivity contribution in [2.24, 2.45) is 5.92 Å². The monoisotopic (exact) mass is 283 g/mol. The third kappa shape index (κ3) is 2.76. The van der Waals surface area contributed by atoms with E-state index in [1.54, 1.807) is 12.1 Å². The van der Waals surface area contributed by atoms with Gasteiger partial charge in [-0.25, -0.2) is 4.79 Å².